The zero-order valence-electron chi connectivity index (χ0n) is 30.0. The largest absolute Gasteiger partial charge is 0.576 e. The Bertz CT molecular complexity index is 2710. The number of nitro benzene ring substituents is 2. The monoisotopic (exact) mass is 986 g/mol. The molecule has 0 bridgehead atoms. The van der Waals surface area contributed by atoms with E-state index in [-0.39, 0.29) is 105 Å². The van der Waals surface area contributed by atoms with E-state index in [1.54, 1.807) is 0 Å². The number of sulfonamides is 2. The molecule has 6 aromatic carbocycles. The van der Waals surface area contributed by atoms with Gasteiger partial charge >= 0.3 is 7.69 Å². The number of benzene rings is 6. The van der Waals surface area contributed by atoms with Crippen molar-refractivity contribution in [3.63, 3.8) is 0 Å². The number of rotatable bonds is 16. The zero-order valence-corrected chi connectivity index (χ0v) is 36.1. The van der Waals surface area contributed by atoms with Crippen molar-refractivity contribution in [1.29, 1.82) is 0 Å². The lowest BCUT2D eigenvalue weighted by molar-refractivity contribution is -0.385. The van der Waals surface area contributed by atoms with Gasteiger partial charge in [-0.2, -0.15) is 0 Å². The van der Waals surface area contributed by atoms with Gasteiger partial charge in [0.05, 0.1) is 61.1 Å². The summed E-state index contributed by atoms with van der Waals surface area (Å²) in [6.45, 7) is 0. The third-order valence-electron chi connectivity index (χ3n) is 7.86. The molecule has 0 saturated carbocycles. The van der Waals surface area contributed by atoms with Gasteiger partial charge in [0, 0.05) is 36.4 Å². The van der Waals surface area contributed by atoms with Crippen molar-refractivity contribution >= 4 is 120 Å². The second-order valence-corrected chi connectivity index (χ2v) is 17.9. The number of non-ortho nitro benzene ring substituents is 2. The van der Waals surface area contributed by atoms with E-state index in [9.17, 15) is 37.1 Å². The Hall–Kier alpha value is -5.38. The summed E-state index contributed by atoms with van der Waals surface area (Å²) in [7, 11) is -8.94. The lowest BCUT2D eigenvalue weighted by Crippen LogP contribution is -2.15. The van der Waals surface area contributed by atoms with Crippen LogP contribution in [0, 0.1) is 20.2 Å². The van der Waals surface area contributed by atoms with E-state index in [4.69, 9.17) is 88.4 Å². The number of hydrogen-bond donors (Lipinski definition) is 2. The van der Waals surface area contributed by atoms with Gasteiger partial charge in [-0.25, -0.2) is 16.8 Å². The molecular weight excluding hydrogens is 968 g/mol. The van der Waals surface area contributed by atoms with Crippen molar-refractivity contribution in [2.75, 3.05) is 9.44 Å². The topological polar surface area (TPSA) is 216 Å². The minimum absolute atomic E-state index is 0.0126. The Morgan fingerprint density at radius 3 is 1.18 bits per heavy atom. The molecule has 314 valence electrons. The maximum absolute atomic E-state index is 13.3. The Balaban J connectivity index is 1.07. The van der Waals surface area contributed by atoms with E-state index in [2.05, 4.69) is 9.44 Å². The lowest BCUT2D eigenvalue weighted by atomic mass is 10.2. The molecule has 0 fully saturated rings. The van der Waals surface area contributed by atoms with Gasteiger partial charge in [0.25, 0.3) is 31.4 Å². The number of nitro groups is 2. The summed E-state index contributed by atoms with van der Waals surface area (Å²) >= 11 is 37.5. The van der Waals surface area contributed by atoms with Crippen LogP contribution < -0.4 is 28.2 Å². The first-order valence-corrected chi connectivity index (χ1v) is 21.8. The maximum Gasteiger partial charge on any atom is 0.576 e. The van der Waals surface area contributed by atoms with E-state index in [1.165, 1.54) is 60.7 Å². The summed E-state index contributed by atoms with van der Waals surface area (Å²) < 4.78 is 80.6. The van der Waals surface area contributed by atoms with Crippen LogP contribution in [0.3, 0.4) is 0 Å². The molecule has 6 aromatic rings. The van der Waals surface area contributed by atoms with Gasteiger partial charge in [0.15, 0.2) is 11.5 Å². The predicted molar refractivity (Wildman–Crippen MR) is 232 cm³/mol. The quantitative estimate of drug-likeness (QED) is 0.0526. The normalized spacial score (nSPS) is 11.3. The molecule has 25 heteroatoms. The summed E-state index contributed by atoms with van der Waals surface area (Å²) in [6, 6.07) is 23.0. The number of anilines is 2. The highest BCUT2D eigenvalue weighted by molar-refractivity contribution is 7.93. The van der Waals surface area contributed by atoms with Crippen LogP contribution in [0.2, 0.25) is 30.1 Å². The van der Waals surface area contributed by atoms with Gasteiger partial charge in [0.1, 0.15) is 23.0 Å². The van der Waals surface area contributed by atoms with Crippen LogP contribution in [0.4, 0.5) is 22.7 Å². The van der Waals surface area contributed by atoms with Crippen LogP contribution in [0.5, 0.6) is 34.5 Å². The van der Waals surface area contributed by atoms with Gasteiger partial charge in [-0.05, 0) is 60.7 Å². The Morgan fingerprint density at radius 1 is 0.492 bits per heavy atom. The van der Waals surface area contributed by atoms with Gasteiger partial charge in [-0.3, -0.25) is 29.7 Å². The van der Waals surface area contributed by atoms with Crippen molar-refractivity contribution in [3.8, 4) is 34.5 Å². The molecule has 0 atom stereocenters. The Kier molecular flexibility index (Phi) is 13.9. The van der Waals surface area contributed by atoms with Crippen LogP contribution in [-0.2, 0) is 20.0 Å². The van der Waals surface area contributed by atoms with Crippen molar-refractivity contribution in [3.05, 3.63) is 160 Å². The summed E-state index contributed by atoms with van der Waals surface area (Å²) in [4.78, 5) is 20.1. The Labute approximate surface area is 376 Å². The molecule has 16 nitrogen and oxygen atoms in total. The number of nitrogens with one attached hydrogen (secondary N) is 2. The molecular formula is C36H21BCl6N4O12S2. The fourth-order valence-corrected chi connectivity index (χ4v) is 9.08. The number of ether oxygens (including phenoxy) is 2. The standard InChI is InChI=1S/C36H21BCl6N4O12S2/c38-27-13-21(46(48)49)7-9-33(27)56-35-29(40)15-25(16-30(35)41)60(52,53)44-19-3-1-5-23(11-19)58-37-59-24-6-2-4-20(12-24)45-61(54,55)26-17-31(42)36(32(43)18-26)57-34-10-8-22(47(50)51)14-28(34)39/h1-18,37,44-45H. The molecule has 61 heavy (non-hydrogen) atoms. The molecule has 0 aliphatic carbocycles. The molecule has 0 heterocycles. The molecule has 2 N–H and O–H groups in total. The fraction of sp³-hybridized carbons (Fsp3) is 0. The molecule has 6 rings (SSSR count). The predicted octanol–water partition coefficient (Wildman–Crippen LogP) is 11.3. The highest BCUT2D eigenvalue weighted by Gasteiger charge is 2.23. The lowest BCUT2D eigenvalue weighted by Gasteiger charge is -2.15. The van der Waals surface area contributed by atoms with Crippen molar-refractivity contribution in [2.24, 2.45) is 0 Å². The van der Waals surface area contributed by atoms with Gasteiger partial charge in [-0.1, -0.05) is 81.7 Å². The molecule has 0 saturated heterocycles. The summed E-state index contributed by atoms with van der Waals surface area (Å²) in [6.07, 6.45) is 0. The van der Waals surface area contributed by atoms with Crippen molar-refractivity contribution < 1.29 is 45.5 Å². The van der Waals surface area contributed by atoms with Gasteiger partial charge < -0.3 is 18.8 Å². The van der Waals surface area contributed by atoms with Crippen molar-refractivity contribution in [2.45, 2.75) is 9.79 Å². The van der Waals surface area contributed by atoms with Gasteiger partial charge in [-0.15, -0.1) is 0 Å². The molecule has 0 aliphatic rings. The summed E-state index contributed by atoms with van der Waals surface area (Å²) in [5, 5.41) is 21.0. The second kappa shape index (κ2) is 18.7. The molecule has 0 aliphatic heterocycles. The average Bonchev–Trinajstić information content (AvgIpc) is 3.18. The van der Waals surface area contributed by atoms with Gasteiger partial charge in [0.2, 0.25) is 0 Å². The van der Waals surface area contributed by atoms with E-state index >= 15 is 0 Å². The second-order valence-electron chi connectivity index (χ2n) is 12.1. The first-order chi connectivity index (χ1) is 28.8. The Morgan fingerprint density at radius 2 is 0.852 bits per heavy atom. The average molecular weight is 989 g/mol. The molecule has 0 amide bonds. The SMILES string of the molecule is O=[N+]([O-])c1ccc(Oc2c(Cl)cc(S(=O)(=O)Nc3cccc(OBOc4cccc(NS(=O)(=O)c5cc(Cl)c(Oc6ccc([N+](=O)[O-])cc6Cl)c(Cl)c5)c4)c3)cc2Cl)c(Cl)c1. The number of nitrogens with zero attached hydrogens (tertiary/aromatic N) is 2. The highest BCUT2D eigenvalue weighted by Crippen LogP contribution is 2.43. The van der Waals surface area contributed by atoms with Crippen LogP contribution in [0.1, 0.15) is 0 Å². The fourth-order valence-electron chi connectivity index (χ4n) is 5.06. The minimum Gasteiger partial charge on any atom is -0.528 e. The van der Waals surface area contributed by atoms with Crippen LogP contribution in [0.15, 0.2) is 119 Å². The third-order valence-corrected chi connectivity index (χ3v) is 12.3. The van der Waals surface area contributed by atoms with Crippen LogP contribution in [-0.4, -0.2) is 34.4 Å². The zero-order chi connectivity index (χ0) is 44.2. The molecule has 0 spiro atoms. The smallest absolute Gasteiger partial charge is 0.528 e. The maximum atomic E-state index is 13.3. The number of halogens is 6. The minimum atomic E-state index is -4.28. The van der Waals surface area contributed by atoms with Crippen molar-refractivity contribution in [1.82, 2.24) is 0 Å². The summed E-state index contributed by atoms with van der Waals surface area (Å²) in [5.74, 6) is 0.0707. The highest BCUT2D eigenvalue weighted by atomic mass is 35.5. The van der Waals surface area contributed by atoms with Crippen LogP contribution in [0.25, 0.3) is 0 Å². The summed E-state index contributed by atoms with van der Waals surface area (Å²) in [5.41, 5.74) is -0.368. The first-order valence-electron chi connectivity index (χ1n) is 16.5. The van der Waals surface area contributed by atoms with E-state index in [0.717, 1.165) is 48.5 Å². The van der Waals surface area contributed by atoms with E-state index < -0.39 is 29.9 Å². The molecule has 0 radical (unpaired) electrons. The third kappa shape index (κ3) is 11.1. The van der Waals surface area contributed by atoms with E-state index in [1.807, 2.05) is 0 Å². The van der Waals surface area contributed by atoms with E-state index in [0.29, 0.717) is 0 Å². The number of hydrogen-bond acceptors (Lipinski definition) is 12. The molecule has 0 unspecified atom stereocenters. The molecule has 0 aromatic heterocycles. The van der Waals surface area contributed by atoms with Crippen LogP contribution >= 0.6 is 69.6 Å². The first kappa shape index (κ1) is 45.2.